The number of aromatic nitrogens is 1. The van der Waals surface area contributed by atoms with Crippen LogP contribution in [-0.2, 0) is 0 Å². The van der Waals surface area contributed by atoms with E-state index < -0.39 is 5.95 Å². The number of fused-ring (bicyclic) bond motifs is 1. The minimum Gasteiger partial charge on any atom is -0.423 e. The Balaban J connectivity index is 2.36. The quantitative estimate of drug-likeness (QED) is 0.715. The molecule has 0 saturated heterocycles. The Morgan fingerprint density at radius 1 is 1.50 bits per heavy atom. The maximum Gasteiger partial charge on any atom is 0.302 e. The molecule has 0 atom stereocenters. The predicted octanol–water partition coefficient (Wildman–Crippen LogP) is 1.97. The van der Waals surface area contributed by atoms with Crippen LogP contribution in [0.4, 0.5) is 10.4 Å². The number of oxazole rings is 1. The Labute approximate surface area is 79.2 Å². The molecule has 2 rings (SSSR count). The van der Waals surface area contributed by atoms with E-state index in [0.29, 0.717) is 11.1 Å². The van der Waals surface area contributed by atoms with Gasteiger partial charge in [-0.2, -0.15) is 9.37 Å². The van der Waals surface area contributed by atoms with Crippen molar-refractivity contribution in [1.29, 1.82) is 0 Å². The molecule has 0 radical (unpaired) electrons. The second-order valence-corrected chi connectivity index (χ2v) is 2.63. The summed E-state index contributed by atoms with van der Waals surface area (Å²) < 4.78 is 17.9. The molecule has 1 heterocycles. The number of rotatable bonds is 2. The van der Waals surface area contributed by atoms with Gasteiger partial charge < -0.3 is 10.2 Å². The molecule has 0 bridgehead atoms. The van der Waals surface area contributed by atoms with E-state index in [1.807, 2.05) is 12.1 Å². The summed E-state index contributed by atoms with van der Waals surface area (Å²) in [6.07, 6.45) is 0.800. The molecule has 1 aromatic heterocycles. The maximum absolute atomic E-state index is 12.7. The van der Waals surface area contributed by atoms with E-state index in [0.717, 1.165) is 6.20 Å². The molecule has 0 aliphatic heterocycles. The number of anilines is 1. The van der Waals surface area contributed by atoms with Crippen molar-refractivity contribution in [3.63, 3.8) is 0 Å². The van der Waals surface area contributed by atoms with Gasteiger partial charge in [-0.3, -0.25) is 5.32 Å². The molecule has 0 amide bonds. The number of benzene rings is 1. The van der Waals surface area contributed by atoms with E-state index in [1.54, 1.807) is 12.1 Å². The van der Waals surface area contributed by atoms with Gasteiger partial charge in [-0.25, -0.2) is 0 Å². The molecule has 1 aromatic carbocycles. The Bertz CT molecular complexity index is 445. The third-order valence-corrected chi connectivity index (χ3v) is 1.67. The SMILES string of the molecule is N/C=C(/F)Nc1nc2ccccc2o1. The number of nitrogens with two attached hydrogens (primary N) is 1. The van der Waals surface area contributed by atoms with Crippen LogP contribution in [0.5, 0.6) is 0 Å². The molecule has 0 aliphatic carbocycles. The lowest BCUT2D eigenvalue weighted by Gasteiger charge is -1.93. The highest BCUT2D eigenvalue weighted by Gasteiger charge is 2.05. The zero-order valence-electron chi connectivity index (χ0n) is 7.20. The number of hydrogen-bond acceptors (Lipinski definition) is 4. The van der Waals surface area contributed by atoms with Crippen LogP contribution in [0.2, 0.25) is 0 Å². The number of hydrogen-bond donors (Lipinski definition) is 2. The molecule has 14 heavy (non-hydrogen) atoms. The van der Waals surface area contributed by atoms with Crippen molar-refractivity contribution in [3.05, 3.63) is 36.4 Å². The van der Waals surface area contributed by atoms with Gasteiger partial charge in [-0.05, 0) is 12.1 Å². The molecule has 0 spiro atoms. The van der Waals surface area contributed by atoms with E-state index in [1.165, 1.54) is 0 Å². The third kappa shape index (κ3) is 1.52. The van der Waals surface area contributed by atoms with E-state index in [9.17, 15) is 4.39 Å². The molecule has 3 N–H and O–H groups in total. The van der Waals surface area contributed by atoms with Crippen LogP contribution in [0.1, 0.15) is 0 Å². The lowest BCUT2D eigenvalue weighted by atomic mass is 10.3. The van der Waals surface area contributed by atoms with Gasteiger partial charge in [0, 0.05) is 6.20 Å². The maximum atomic E-state index is 12.7. The average molecular weight is 193 g/mol. The minimum atomic E-state index is -0.698. The second kappa shape index (κ2) is 3.37. The summed E-state index contributed by atoms with van der Waals surface area (Å²) in [7, 11) is 0. The van der Waals surface area contributed by atoms with Gasteiger partial charge in [0.1, 0.15) is 5.52 Å². The Morgan fingerprint density at radius 2 is 2.29 bits per heavy atom. The molecule has 4 nitrogen and oxygen atoms in total. The fraction of sp³-hybridized carbons (Fsp3) is 0. The number of nitrogens with one attached hydrogen (secondary N) is 1. The minimum absolute atomic E-state index is 0.0883. The molecule has 5 heteroatoms. The van der Waals surface area contributed by atoms with Gasteiger partial charge in [0.2, 0.25) is 5.95 Å². The molecular weight excluding hydrogens is 185 g/mol. The third-order valence-electron chi connectivity index (χ3n) is 1.67. The molecule has 0 aliphatic rings. The van der Waals surface area contributed by atoms with Crippen molar-refractivity contribution in [1.82, 2.24) is 4.98 Å². The highest BCUT2D eigenvalue weighted by atomic mass is 19.1. The largest absolute Gasteiger partial charge is 0.423 e. The summed E-state index contributed by atoms with van der Waals surface area (Å²) in [6, 6.07) is 7.24. The normalized spacial score (nSPS) is 11.9. The lowest BCUT2D eigenvalue weighted by Crippen LogP contribution is -1.96. The van der Waals surface area contributed by atoms with Crippen LogP contribution >= 0.6 is 0 Å². The lowest BCUT2D eigenvalue weighted by molar-refractivity contribution is 0.587. The van der Waals surface area contributed by atoms with Crippen LogP contribution in [0, 0.1) is 0 Å². The molecule has 0 saturated carbocycles. The van der Waals surface area contributed by atoms with Crippen molar-refractivity contribution in [2.24, 2.45) is 5.73 Å². The molecule has 72 valence electrons. The van der Waals surface area contributed by atoms with E-state index in [4.69, 9.17) is 10.2 Å². The van der Waals surface area contributed by atoms with Crippen molar-refractivity contribution in [2.45, 2.75) is 0 Å². The first-order chi connectivity index (χ1) is 6.79. The Kier molecular flexibility index (Phi) is 2.06. The van der Waals surface area contributed by atoms with E-state index >= 15 is 0 Å². The topological polar surface area (TPSA) is 64.1 Å². The van der Waals surface area contributed by atoms with Gasteiger partial charge in [0.25, 0.3) is 0 Å². The van der Waals surface area contributed by atoms with Crippen molar-refractivity contribution in [2.75, 3.05) is 5.32 Å². The van der Waals surface area contributed by atoms with Crippen molar-refractivity contribution >= 4 is 17.1 Å². The molecule has 0 fully saturated rings. The summed E-state index contributed by atoms with van der Waals surface area (Å²) in [5, 5.41) is 2.27. The van der Waals surface area contributed by atoms with Gasteiger partial charge >= 0.3 is 6.01 Å². The summed E-state index contributed by atoms with van der Waals surface area (Å²) in [5.41, 5.74) is 6.21. The van der Waals surface area contributed by atoms with Crippen molar-refractivity contribution in [3.8, 4) is 0 Å². The number of halogens is 1. The van der Waals surface area contributed by atoms with Crippen LogP contribution in [0.15, 0.2) is 40.8 Å². The molecular formula is C9H8FN3O. The van der Waals surface area contributed by atoms with Crippen LogP contribution in [0.25, 0.3) is 11.1 Å². The van der Waals surface area contributed by atoms with Crippen LogP contribution < -0.4 is 11.1 Å². The summed E-state index contributed by atoms with van der Waals surface area (Å²) in [4.78, 5) is 3.99. The Morgan fingerprint density at radius 3 is 3.00 bits per heavy atom. The summed E-state index contributed by atoms with van der Waals surface area (Å²) >= 11 is 0. The first kappa shape index (κ1) is 8.55. The van der Waals surface area contributed by atoms with Crippen LogP contribution in [-0.4, -0.2) is 4.98 Å². The summed E-state index contributed by atoms with van der Waals surface area (Å²) in [6.45, 7) is 0. The first-order valence-corrected chi connectivity index (χ1v) is 3.99. The highest BCUT2D eigenvalue weighted by molar-refractivity contribution is 5.74. The summed E-state index contributed by atoms with van der Waals surface area (Å²) in [5.74, 6) is -0.698. The number of para-hydroxylation sites is 2. The predicted molar refractivity (Wildman–Crippen MR) is 51.0 cm³/mol. The average Bonchev–Trinajstić information content (AvgIpc) is 2.59. The second-order valence-electron chi connectivity index (χ2n) is 2.63. The van der Waals surface area contributed by atoms with Gasteiger partial charge in [-0.15, -0.1) is 0 Å². The van der Waals surface area contributed by atoms with Gasteiger partial charge in [-0.1, -0.05) is 12.1 Å². The van der Waals surface area contributed by atoms with E-state index in [-0.39, 0.29) is 6.01 Å². The zero-order chi connectivity index (χ0) is 9.97. The molecule has 0 unspecified atom stereocenters. The standard InChI is InChI=1S/C9H8FN3O/c10-8(5-11)13-9-12-6-3-1-2-4-7(6)14-9/h1-5H,11H2,(H,12,13)/b8-5-. The number of nitrogens with zero attached hydrogens (tertiary/aromatic N) is 1. The smallest absolute Gasteiger partial charge is 0.302 e. The monoisotopic (exact) mass is 193 g/mol. The Hall–Kier alpha value is -2.04. The van der Waals surface area contributed by atoms with Crippen molar-refractivity contribution < 1.29 is 8.81 Å². The molecule has 2 aromatic rings. The van der Waals surface area contributed by atoms with Gasteiger partial charge in [0.05, 0.1) is 0 Å². The fourth-order valence-corrected chi connectivity index (χ4v) is 1.07. The highest BCUT2D eigenvalue weighted by Crippen LogP contribution is 2.18. The van der Waals surface area contributed by atoms with Crippen LogP contribution in [0.3, 0.4) is 0 Å². The van der Waals surface area contributed by atoms with E-state index in [2.05, 4.69) is 10.3 Å². The van der Waals surface area contributed by atoms with Gasteiger partial charge in [0.15, 0.2) is 5.58 Å². The zero-order valence-corrected chi connectivity index (χ0v) is 7.20. The fourth-order valence-electron chi connectivity index (χ4n) is 1.07. The first-order valence-electron chi connectivity index (χ1n) is 3.99.